The van der Waals surface area contributed by atoms with Crippen LogP contribution >= 0.6 is 11.6 Å². The molecule has 7 rings (SSSR count). The van der Waals surface area contributed by atoms with Crippen LogP contribution < -0.4 is 9.47 Å². The van der Waals surface area contributed by atoms with Gasteiger partial charge in [-0.1, -0.05) is 23.7 Å². The smallest absolute Gasteiger partial charge is 0.371 e. The number of aryl methyl sites for hydroxylation is 1. The first kappa shape index (κ1) is 28.9. The fourth-order valence-corrected chi connectivity index (χ4v) is 6.67. The Kier molecular flexibility index (Phi) is 7.39. The predicted octanol–water partition coefficient (Wildman–Crippen LogP) is 6.75. The number of hydrogen-bond donors (Lipinski definition) is 1. The SMILES string of the molecule is Cc1nc(CN2CCC(c3cccc4c3OC(C)(c3ccc(Cl)cc3F)O4)CC2)n(CC2CCO2)c1-c1ccc(C(=O)O)o1. The number of likely N-dealkylation sites (tertiary alicyclic amines) is 1. The Morgan fingerprint density at radius 3 is 2.61 bits per heavy atom. The number of carboxylic acid groups (broad SMARTS) is 1. The molecule has 3 aliphatic heterocycles. The van der Waals surface area contributed by atoms with Crippen molar-refractivity contribution in [2.24, 2.45) is 0 Å². The van der Waals surface area contributed by atoms with Gasteiger partial charge in [0.25, 0.3) is 5.79 Å². The van der Waals surface area contributed by atoms with Crippen molar-refractivity contribution in [1.29, 1.82) is 0 Å². The van der Waals surface area contributed by atoms with Gasteiger partial charge in [-0.25, -0.2) is 14.2 Å². The third kappa shape index (κ3) is 5.25. The molecule has 0 spiro atoms. The van der Waals surface area contributed by atoms with Crippen molar-refractivity contribution in [3.05, 3.63) is 87.8 Å². The topological polar surface area (TPSA) is 99.2 Å². The number of para-hydroxylation sites is 1. The van der Waals surface area contributed by atoms with Gasteiger partial charge in [-0.05, 0) is 81.6 Å². The molecule has 2 fully saturated rings. The van der Waals surface area contributed by atoms with Crippen LogP contribution in [0, 0.1) is 12.7 Å². The van der Waals surface area contributed by atoms with Gasteiger partial charge in [0.15, 0.2) is 17.3 Å². The van der Waals surface area contributed by atoms with Gasteiger partial charge in [-0.15, -0.1) is 0 Å². The average Bonchev–Trinajstić information content (AvgIpc) is 3.66. The van der Waals surface area contributed by atoms with Crippen LogP contribution in [0.3, 0.4) is 0 Å². The van der Waals surface area contributed by atoms with E-state index < -0.39 is 17.6 Å². The predicted molar refractivity (Wildman–Crippen MR) is 160 cm³/mol. The van der Waals surface area contributed by atoms with Crippen molar-refractivity contribution < 1.29 is 32.9 Å². The number of piperidine rings is 1. The molecule has 0 bridgehead atoms. The summed E-state index contributed by atoms with van der Waals surface area (Å²) in [6.07, 6.45) is 2.88. The molecule has 1 N–H and O–H groups in total. The second kappa shape index (κ2) is 11.3. The zero-order valence-electron chi connectivity index (χ0n) is 24.5. The van der Waals surface area contributed by atoms with Gasteiger partial charge >= 0.3 is 5.97 Å². The van der Waals surface area contributed by atoms with Gasteiger partial charge < -0.3 is 28.3 Å². The minimum atomic E-state index is -1.29. The lowest BCUT2D eigenvalue weighted by atomic mass is 9.88. The molecule has 0 radical (unpaired) electrons. The van der Waals surface area contributed by atoms with Crippen molar-refractivity contribution in [3.8, 4) is 23.0 Å². The van der Waals surface area contributed by atoms with Crippen LogP contribution in [0.4, 0.5) is 4.39 Å². The van der Waals surface area contributed by atoms with Crippen LogP contribution in [0.15, 0.2) is 52.9 Å². The molecular weight excluding hydrogens is 589 g/mol. The van der Waals surface area contributed by atoms with Crippen LogP contribution in [0.25, 0.3) is 11.5 Å². The number of benzene rings is 2. The Morgan fingerprint density at radius 1 is 1.14 bits per heavy atom. The van der Waals surface area contributed by atoms with Crippen molar-refractivity contribution >= 4 is 17.6 Å². The van der Waals surface area contributed by atoms with Crippen LogP contribution in [-0.2, 0) is 23.6 Å². The first-order valence-corrected chi connectivity index (χ1v) is 15.3. The van der Waals surface area contributed by atoms with Crippen LogP contribution in [0.1, 0.15) is 65.3 Å². The van der Waals surface area contributed by atoms with E-state index in [0.29, 0.717) is 40.9 Å². The molecule has 3 aliphatic rings. The Hall–Kier alpha value is -3.86. The molecule has 2 saturated heterocycles. The summed E-state index contributed by atoms with van der Waals surface area (Å²) in [6.45, 7) is 7.37. The number of imidazole rings is 1. The summed E-state index contributed by atoms with van der Waals surface area (Å²) in [6, 6.07) is 13.6. The number of aromatic carboxylic acids is 1. The second-order valence-electron chi connectivity index (χ2n) is 11.8. The van der Waals surface area contributed by atoms with Crippen molar-refractivity contribution in [2.75, 3.05) is 19.7 Å². The minimum absolute atomic E-state index is 0.0927. The van der Waals surface area contributed by atoms with Gasteiger partial charge in [0.1, 0.15) is 17.3 Å². The lowest BCUT2D eigenvalue weighted by molar-refractivity contribution is -0.0712. The Morgan fingerprint density at radius 2 is 1.93 bits per heavy atom. The van der Waals surface area contributed by atoms with E-state index in [0.717, 1.165) is 61.7 Å². The highest BCUT2D eigenvalue weighted by Gasteiger charge is 2.43. The van der Waals surface area contributed by atoms with Crippen LogP contribution in [0.5, 0.6) is 11.5 Å². The van der Waals surface area contributed by atoms with E-state index in [1.54, 1.807) is 25.1 Å². The first-order valence-electron chi connectivity index (χ1n) is 14.9. The summed E-state index contributed by atoms with van der Waals surface area (Å²) in [5.41, 5.74) is 2.94. The van der Waals surface area contributed by atoms with Crippen molar-refractivity contribution in [2.45, 2.75) is 64.0 Å². The normalized spacial score (nSPS) is 21.9. The van der Waals surface area contributed by atoms with Crippen molar-refractivity contribution in [1.82, 2.24) is 14.5 Å². The molecule has 44 heavy (non-hydrogen) atoms. The molecule has 2 unspecified atom stereocenters. The van der Waals surface area contributed by atoms with E-state index >= 15 is 0 Å². The van der Waals surface area contributed by atoms with Crippen LogP contribution in [-0.4, -0.2) is 51.3 Å². The van der Waals surface area contributed by atoms with Gasteiger partial charge in [0.05, 0.1) is 30.5 Å². The molecule has 2 aromatic heterocycles. The number of nitrogens with zero attached hydrogens (tertiary/aromatic N) is 3. The number of halogens is 2. The Labute approximate surface area is 259 Å². The zero-order valence-corrected chi connectivity index (χ0v) is 25.3. The highest BCUT2D eigenvalue weighted by Crippen LogP contribution is 2.50. The maximum Gasteiger partial charge on any atom is 0.371 e. The second-order valence-corrected chi connectivity index (χ2v) is 12.3. The maximum atomic E-state index is 14.8. The number of furan rings is 1. The molecule has 0 amide bonds. The van der Waals surface area contributed by atoms with Gasteiger partial charge in [-0.3, -0.25) is 4.90 Å². The maximum absolute atomic E-state index is 14.8. The molecule has 5 heterocycles. The molecule has 9 nitrogen and oxygen atoms in total. The quantitative estimate of drug-likeness (QED) is 0.231. The van der Waals surface area contributed by atoms with Gasteiger partial charge in [0.2, 0.25) is 5.76 Å². The summed E-state index contributed by atoms with van der Waals surface area (Å²) >= 11 is 5.98. The van der Waals surface area contributed by atoms with E-state index in [1.165, 1.54) is 12.1 Å². The summed E-state index contributed by atoms with van der Waals surface area (Å²) < 4.78 is 40.9. The summed E-state index contributed by atoms with van der Waals surface area (Å²) in [5.74, 6) is -0.0568. The number of fused-ring (bicyclic) bond motifs is 1. The highest BCUT2D eigenvalue weighted by atomic mass is 35.5. The monoisotopic (exact) mass is 621 g/mol. The lowest BCUT2D eigenvalue weighted by Crippen LogP contribution is -2.35. The number of carbonyl (C=O) groups is 1. The molecule has 230 valence electrons. The number of hydrogen-bond acceptors (Lipinski definition) is 7. The van der Waals surface area contributed by atoms with Gasteiger partial charge in [0, 0.05) is 24.1 Å². The lowest BCUT2D eigenvalue weighted by Gasteiger charge is -2.33. The number of rotatable bonds is 8. The Balaban J connectivity index is 1.08. The van der Waals surface area contributed by atoms with E-state index in [-0.39, 0.29) is 17.8 Å². The number of ether oxygens (including phenoxy) is 3. The molecule has 2 aromatic carbocycles. The standard InChI is InChI=1S/C33H33ClFN3O6/c1-19-30(26-8-9-28(42-26)32(39)40)38(17-22-12-15-41-22)29(36-19)18-37-13-10-20(11-14-37)23-4-3-5-27-31(23)44-33(2,43-27)24-7-6-21(34)16-25(24)35/h3-9,16,20,22H,10-15,17-18H2,1-2H3,(H,39,40). The molecule has 11 heteroatoms. The number of aromatic nitrogens is 2. The first-order chi connectivity index (χ1) is 21.2. The molecular formula is C33H33ClFN3O6. The average molecular weight is 622 g/mol. The van der Waals surface area contributed by atoms with Gasteiger partial charge in [-0.2, -0.15) is 0 Å². The molecule has 0 aliphatic carbocycles. The zero-order chi connectivity index (χ0) is 30.6. The molecule has 0 saturated carbocycles. The van der Waals surface area contributed by atoms with E-state index in [4.69, 9.17) is 35.2 Å². The summed E-state index contributed by atoms with van der Waals surface area (Å²) in [7, 11) is 0. The fraction of sp³-hybridized carbons (Fsp3) is 0.394. The largest absolute Gasteiger partial charge is 0.475 e. The molecule has 4 aromatic rings. The fourth-order valence-electron chi connectivity index (χ4n) is 6.51. The number of carboxylic acids is 1. The highest BCUT2D eigenvalue weighted by molar-refractivity contribution is 6.30. The third-order valence-electron chi connectivity index (χ3n) is 8.87. The van der Waals surface area contributed by atoms with Crippen molar-refractivity contribution in [3.63, 3.8) is 0 Å². The molecule has 2 atom stereocenters. The third-order valence-corrected chi connectivity index (χ3v) is 9.11. The minimum Gasteiger partial charge on any atom is -0.475 e. The Bertz CT molecular complexity index is 1720. The van der Waals surface area contributed by atoms with E-state index in [9.17, 15) is 14.3 Å². The van der Waals surface area contributed by atoms with E-state index in [1.807, 2.05) is 19.1 Å². The van der Waals surface area contributed by atoms with E-state index in [2.05, 4.69) is 15.5 Å². The van der Waals surface area contributed by atoms with Crippen LogP contribution in [0.2, 0.25) is 5.02 Å². The summed E-state index contributed by atoms with van der Waals surface area (Å²) in [4.78, 5) is 18.8. The summed E-state index contributed by atoms with van der Waals surface area (Å²) in [5, 5.41) is 9.69.